The van der Waals surface area contributed by atoms with Crippen LogP contribution in [0, 0.1) is 0 Å². The highest BCUT2D eigenvalue weighted by molar-refractivity contribution is 8.00. The summed E-state index contributed by atoms with van der Waals surface area (Å²) in [4.78, 5) is 26.8. The Bertz CT molecular complexity index is 733. The van der Waals surface area contributed by atoms with Gasteiger partial charge in [0.2, 0.25) is 11.8 Å². The fourth-order valence-electron chi connectivity index (χ4n) is 2.82. The summed E-state index contributed by atoms with van der Waals surface area (Å²) in [5.74, 6) is 0.300. The number of nitrogens with one attached hydrogen (secondary N) is 1. The van der Waals surface area contributed by atoms with Gasteiger partial charge in [-0.05, 0) is 18.6 Å². The van der Waals surface area contributed by atoms with E-state index in [0.717, 1.165) is 10.6 Å². The van der Waals surface area contributed by atoms with Crippen molar-refractivity contribution >= 4 is 39.1 Å². The van der Waals surface area contributed by atoms with Crippen LogP contribution in [0.15, 0.2) is 29.2 Å². The first kappa shape index (κ1) is 16.3. The second-order valence-electron chi connectivity index (χ2n) is 5.72. The van der Waals surface area contributed by atoms with Crippen LogP contribution in [0.25, 0.3) is 0 Å². The normalized spacial score (nSPS) is 22.7. The minimum absolute atomic E-state index is 0.00931. The van der Waals surface area contributed by atoms with E-state index in [1.807, 2.05) is 24.3 Å². The molecule has 8 heteroatoms. The van der Waals surface area contributed by atoms with Gasteiger partial charge in [0, 0.05) is 23.9 Å². The Labute approximate surface area is 139 Å². The molecule has 2 aliphatic rings. The zero-order chi connectivity index (χ0) is 16.4. The number of thioether (sulfide) groups is 1. The largest absolute Gasteiger partial charge is 0.352 e. The van der Waals surface area contributed by atoms with Gasteiger partial charge in [-0.15, -0.1) is 11.8 Å². The zero-order valence-corrected chi connectivity index (χ0v) is 14.2. The maximum absolute atomic E-state index is 12.1. The quantitative estimate of drug-likeness (QED) is 0.865. The third-order valence-electron chi connectivity index (χ3n) is 3.97. The standard InChI is InChI=1S/C15H18N2O4S2/c18-14(16-11-6-8-23(20,21)10-11)5-7-17-12-3-1-2-4-13(12)22-9-15(17)19/h1-4,11H,5-10H2,(H,16,18). The summed E-state index contributed by atoms with van der Waals surface area (Å²) >= 11 is 1.50. The van der Waals surface area contributed by atoms with Crippen LogP contribution in [0.5, 0.6) is 0 Å². The van der Waals surface area contributed by atoms with Gasteiger partial charge in [0.1, 0.15) is 0 Å². The number of carbonyl (C=O) groups is 2. The fourth-order valence-corrected chi connectivity index (χ4v) is 5.43. The topological polar surface area (TPSA) is 83.6 Å². The molecule has 124 valence electrons. The van der Waals surface area contributed by atoms with Crippen molar-refractivity contribution in [3.63, 3.8) is 0 Å². The van der Waals surface area contributed by atoms with Gasteiger partial charge in [-0.25, -0.2) is 8.42 Å². The van der Waals surface area contributed by atoms with Gasteiger partial charge >= 0.3 is 0 Å². The van der Waals surface area contributed by atoms with Gasteiger partial charge in [0.25, 0.3) is 0 Å². The number of hydrogen-bond donors (Lipinski definition) is 1. The van der Waals surface area contributed by atoms with Crippen LogP contribution >= 0.6 is 11.8 Å². The maximum Gasteiger partial charge on any atom is 0.237 e. The second-order valence-corrected chi connectivity index (χ2v) is 8.97. The van der Waals surface area contributed by atoms with E-state index >= 15 is 0 Å². The molecule has 3 rings (SSSR count). The molecule has 0 aliphatic carbocycles. The van der Waals surface area contributed by atoms with Crippen LogP contribution in [0.4, 0.5) is 5.69 Å². The number of amides is 2. The third-order valence-corrected chi connectivity index (χ3v) is 6.78. The first-order chi connectivity index (χ1) is 10.9. The number of carbonyl (C=O) groups excluding carboxylic acids is 2. The van der Waals surface area contributed by atoms with Crippen molar-refractivity contribution in [2.24, 2.45) is 0 Å². The first-order valence-corrected chi connectivity index (χ1v) is 10.3. The van der Waals surface area contributed by atoms with E-state index in [1.54, 1.807) is 4.90 Å². The Hall–Kier alpha value is -1.54. The first-order valence-electron chi connectivity index (χ1n) is 7.46. The van der Waals surface area contributed by atoms with E-state index in [4.69, 9.17) is 0 Å². The molecule has 0 aromatic heterocycles. The SMILES string of the molecule is O=C(CCN1C(=O)CSc2ccccc21)NC1CCS(=O)(=O)C1. The molecule has 0 saturated carbocycles. The molecule has 2 aliphatic heterocycles. The van der Waals surface area contributed by atoms with Gasteiger partial charge in [-0.1, -0.05) is 12.1 Å². The number of para-hydroxylation sites is 1. The van der Waals surface area contributed by atoms with E-state index in [2.05, 4.69) is 5.32 Å². The summed E-state index contributed by atoms with van der Waals surface area (Å²) in [7, 11) is -3.01. The van der Waals surface area contributed by atoms with E-state index in [0.29, 0.717) is 18.7 Å². The van der Waals surface area contributed by atoms with E-state index in [-0.39, 0.29) is 35.8 Å². The number of sulfone groups is 1. The Kier molecular flexibility index (Phi) is 4.63. The highest BCUT2D eigenvalue weighted by atomic mass is 32.2. The fraction of sp³-hybridized carbons (Fsp3) is 0.467. The van der Waals surface area contributed by atoms with Crippen LogP contribution in [0.1, 0.15) is 12.8 Å². The molecular weight excluding hydrogens is 336 g/mol. The predicted octanol–water partition coefficient (Wildman–Crippen LogP) is 0.819. The Morgan fingerprint density at radius 2 is 2.13 bits per heavy atom. The second kappa shape index (κ2) is 6.52. The number of hydrogen-bond acceptors (Lipinski definition) is 5. The monoisotopic (exact) mass is 354 g/mol. The third kappa shape index (κ3) is 3.87. The number of benzene rings is 1. The molecule has 1 aromatic carbocycles. The molecule has 1 aromatic rings. The van der Waals surface area contributed by atoms with Crippen molar-refractivity contribution < 1.29 is 18.0 Å². The molecule has 23 heavy (non-hydrogen) atoms. The number of anilines is 1. The summed E-state index contributed by atoms with van der Waals surface area (Å²) in [6.07, 6.45) is 0.636. The number of nitrogens with zero attached hydrogens (tertiary/aromatic N) is 1. The van der Waals surface area contributed by atoms with E-state index in [9.17, 15) is 18.0 Å². The van der Waals surface area contributed by atoms with Gasteiger partial charge in [-0.2, -0.15) is 0 Å². The van der Waals surface area contributed by atoms with Gasteiger partial charge in [-0.3, -0.25) is 9.59 Å². The summed E-state index contributed by atoms with van der Waals surface area (Å²) < 4.78 is 22.8. The summed E-state index contributed by atoms with van der Waals surface area (Å²) in [5.41, 5.74) is 0.838. The molecule has 0 bridgehead atoms. The summed E-state index contributed by atoms with van der Waals surface area (Å²) in [5, 5.41) is 2.75. The van der Waals surface area contributed by atoms with Gasteiger partial charge in [0.15, 0.2) is 9.84 Å². The Morgan fingerprint density at radius 1 is 1.35 bits per heavy atom. The lowest BCUT2D eigenvalue weighted by Crippen LogP contribution is -2.41. The summed E-state index contributed by atoms with van der Waals surface area (Å²) in [6, 6.07) is 7.33. The maximum atomic E-state index is 12.1. The average molecular weight is 354 g/mol. The van der Waals surface area contributed by atoms with Crippen molar-refractivity contribution in [2.45, 2.75) is 23.8 Å². The molecule has 1 N–H and O–H groups in total. The molecule has 0 radical (unpaired) electrons. The molecule has 6 nitrogen and oxygen atoms in total. The zero-order valence-electron chi connectivity index (χ0n) is 12.5. The average Bonchev–Trinajstić information content (AvgIpc) is 2.85. The van der Waals surface area contributed by atoms with Crippen LogP contribution < -0.4 is 10.2 Å². The molecule has 1 saturated heterocycles. The highest BCUT2D eigenvalue weighted by Crippen LogP contribution is 2.34. The molecular formula is C15H18N2O4S2. The lowest BCUT2D eigenvalue weighted by molar-refractivity contribution is -0.121. The minimum atomic E-state index is -3.01. The minimum Gasteiger partial charge on any atom is -0.352 e. The Morgan fingerprint density at radius 3 is 2.87 bits per heavy atom. The Balaban J connectivity index is 1.58. The molecule has 2 amide bonds. The van der Waals surface area contributed by atoms with Crippen molar-refractivity contribution in [2.75, 3.05) is 28.7 Å². The van der Waals surface area contributed by atoms with Crippen LogP contribution in [0.2, 0.25) is 0 Å². The molecule has 1 fully saturated rings. The van der Waals surface area contributed by atoms with E-state index in [1.165, 1.54) is 11.8 Å². The van der Waals surface area contributed by atoms with Gasteiger partial charge in [0.05, 0.1) is 22.9 Å². The summed E-state index contributed by atoms with van der Waals surface area (Å²) in [6.45, 7) is 0.307. The van der Waals surface area contributed by atoms with Crippen LogP contribution in [-0.2, 0) is 19.4 Å². The molecule has 0 spiro atoms. The lowest BCUT2D eigenvalue weighted by Gasteiger charge is -2.28. The van der Waals surface area contributed by atoms with E-state index < -0.39 is 9.84 Å². The lowest BCUT2D eigenvalue weighted by atomic mass is 10.2. The number of rotatable bonds is 4. The smallest absolute Gasteiger partial charge is 0.237 e. The molecule has 1 unspecified atom stereocenters. The van der Waals surface area contributed by atoms with Crippen molar-refractivity contribution in [3.05, 3.63) is 24.3 Å². The molecule has 1 atom stereocenters. The number of fused-ring (bicyclic) bond motifs is 1. The predicted molar refractivity (Wildman–Crippen MR) is 89.3 cm³/mol. The van der Waals surface area contributed by atoms with Crippen molar-refractivity contribution in [1.82, 2.24) is 5.32 Å². The van der Waals surface area contributed by atoms with Crippen LogP contribution in [0.3, 0.4) is 0 Å². The molecule has 2 heterocycles. The van der Waals surface area contributed by atoms with Crippen molar-refractivity contribution in [1.29, 1.82) is 0 Å². The van der Waals surface area contributed by atoms with Crippen LogP contribution in [-0.4, -0.2) is 50.1 Å². The van der Waals surface area contributed by atoms with Crippen molar-refractivity contribution in [3.8, 4) is 0 Å². The highest BCUT2D eigenvalue weighted by Gasteiger charge is 2.29. The van der Waals surface area contributed by atoms with Gasteiger partial charge < -0.3 is 10.2 Å².